The lowest BCUT2D eigenvalue weighted by Gasteiger charge is -2.34. The molecule has 46 heavy (non-hydrogen) atoms. The van der Waals surface area contributed by atoms with Gasteiger partial charge in [-0.15, -0.1) is 0 Å². The first kappa shape index (κ1) is 34.7. The smallest absolute Gasteiger partial charge is 0.264 e. The molecule has 4 aromatic rings. The summed E-state index contributed by atoms with van der Waals surface area (Å²) >= 11 is 6.16. The molecule has 0 bridgehead atoms. The van der Waals surface area contributed by atoms with E-state index in [9.17, 15) is 18.0 Å². The Kier molecular flexibility index (Phi) is 12.0. The van der Waals surface area contributed by atoms with Crippen molar-refractivity contribution >= 4 is 39.1 Å². The number of rotatable bonds is 14. The summed E-state index contributed by atoms with van der Waals surface area (Å²) in [6.45, 7) is 7.76. The number of sulfonamides is 1. The van der Waals surface area contributed by atoms with Gasteiger partial charge in [0.15, 0.2) is 0 Å². The molecule has 1 atom stereocenters. The number of carbonyl (C=O) groups excluding carboxylic acids is 2. The van der Waals surface area contributed by atoms with Gasteiger partial charge in [-0.3, -0.25) is 13.9 Å². The van der Waals surface area contributed by atoms with Crippen LogP contribution in [0.3, 0.4) is 0 Å². The number of anilines is 1. The van der Waals surface area contributed by atoms with Crippen LogP contribution in [0, 0.1) is 20.8 Å². The Hall–Kier alpha value is -4.14. The van der Waals surface area contributed by atoms with Crippen molar-refractivity contribution in [1.82, 2.24) is 10.2 Å². The monoisotopic (exact) mass is 659 g/mol. The van der Waals surface area contributed by atoms with Gasteiger partial charge in [0.05, 0.1) is 10.6 Å². The number of hydrogen-bond donors (Lipinski definition) is 1. The van der Waals surface area contributed by atoms with Crippen LogP contribution in [-0.2, 0) is 32.6 Å². The fourth-order valence-electron chi connectivity index (χ4n) is 5.31. The molecule has 0 aliphatic rings. The second kappa shape index (κ2) is 15.9. The molecule has 0 unspecified atom stereocenters. The van der Waals surface area contributed by atoms with E-state index in [1.54, 1.807) is 48.5 Å². The third kappa shape index (κ3) is 9.21. The summed E-state index contributed by atoms with van der Waals surface area (Å²) in [6.07, 6.45) is 1.95. The van der Waals surface area contributed by atoms with Crippen LogP contribution in [0.15, 0.2) is 102 Å². The highest BCUT2D eigenvalue weighted by molar-refractivity contribution is 7.92. The molecular weight excluding hydrogens is 618 g/mol. The number of hydrogen-bond acceptors (Lipinski definition) is 4. The summed E-state index contributed by atoms with van der Waals surface area (Å²) in [5, 5.41) is 3.56. The molecule has 0 saturated carbocycles. The van der Waals surface area contributed by atoms with Crippen molar-refractivity contribution in [3.05, 3.63) is 130 Å². The summed E-state index contributed by atoms with van der Waals surface area (Å²) in [4.78, 5) is 30.0. The lowest BCUT2D eigenvalue weighted by Crippen LogP contribution is -2.53. The number of amides is 2. The molecule has 0 aliphatic carbocycles. The topological polar surface area (TPSA) is 86.8 Å². The van der Waals surface area contributed by atoms with Crippen molar-refractivity contribution < 1.29 is 18.0 Å². The summed E-state index contributed by atoms with van der Waals surface area (Å²) in [5.74, 6) is -0.796. The Balaban J connectivity index is 1.81. The molecule has 0 aliphatic heterocycles. The lowest BCUT2D eigenvalue weighted by molar-refractivity contribution is -0.140. The van der Waals surface area contributed by atoms with Crippen molar-refractivity contribution in [2.45, 2.75) is 64.4 Å². The van der Waals surface area contributed by atoms with E-state index in [2.05, 4.69) is 5.32 Å². The van der Waals surface area contributed by atoms with E-state index in [0.29, 0.717) is 17.3 Å². The molecule has 4 aromatic carbocycles. The number of benzene rings is 4. The molecule has 9 heteroatoms. The maximum Gasteiger partial charge on any atom is 0.264 e. The van der Waals surface area contributed by atoms with Crippen LogP contribution >= 0.6 is 11.6 Å². The zero-order valence-electron chi connectivity index (χ0n) is 26.9. The highest BCUT2D eigenvalue weighted by atomic mass is 35.5. The average Bonchev–Trinajstić information content (AvgIpc) is 3.02. The normalized spacial score (nSPS) is 11.9. The van der Waals surface area contributed by atoms with E-state index in [-0.39, 0.29) is 23.8 Å². The minimum Gasteiger partial charge on any atom is -0.354 e. The van der Waals surface area contributed by atoms with Crippen molar-refractivity contribution in [3.8, 4) is 0 Å². The number of nitrogens with one attached hydrogen (secondary N) is 1. The lowest BCUT2D eigenvalue weighted by atomic mass is 10.0. The maximum absolute atomic E-state index is 14.6. The second-order valence-electron chi connectivity index (χ2n) is 11.7. The van der Waals surface area contributed by atoms with Gasteiger partial charge in [-0.1, -0.05) is 91.2 Å². The van der Waals surface area contributed by atoms with Crippen LogP contribution in [0.25, 0.3) is 0 Å². The molecular formula is C37H42ClN3O4S. The van der Waals surface area contributed by atoms with Crippen molar-refractivity contribution in [2.24, 2.45) is 0 Å². The minimum absolute atomic E-state index is 0.0763. The van der Waals surface area contributed by atoms with Gasteiger partial charge in [0.2, 0.25) is 11.8 Å². The molecule has 0 aromatic heterocycles. The number of nitrogens with zero attached hydrogens (tertiary/aromatic N) is 2. The standard InChI is InChI=1S/C37H42ClN3O4S/c1-5-6-20-39-37(43)35(24-30-10-8-7-9-11-30)40(25-31-14-16-32(38)17-15-31)36(42)26-41(33-22-28(3)21-29(4)23-33)46(44,45)34-18-12-27(2)13-19-34/h7-19,21-23,35H,5-6,20,24-26H2,1-4H3,(H,39,43)/t35-/m1/s1. The molecule has 0 fully saturated rings. The molecule has 0 radical (unpaired) electrons. The molecule has 0 spiro atoms. The first-order chi connectivity index (χ1) is 22.0. The number of halogens is 1. The Morgan fingerprint density at radius 2 is 1.43 bits per heavy atom. The molecule has 0 heterocycles. The molecule has 7 nitrogen and oxygen atoms in total. The minimum atomic E-state index is -4.17. The Bertz CT molecular complexity index is 1710. The fraction of sp³-hybridized carbons (Fsp3) is 0.297. The quantitative estimate of drug-likeness (QED) is 0.148. The third-order valence-electron chi connectivity index (χ3n) is 7.75. The number of carbonyl (C=O) groups is 2. The highest BCUT2D eigenvalue weighted by Gasteiger charge is 2.34. The summed E-state index contributed by atoms with van der Waals surface area (Å²) in [5.41, 5.74) is 4.66. The van der Waals surface area contributed by atoms with Gasteiger partial charge in [-0.05, 0) is 85.8 Å². The number of unbranched alkanes of at least 4 members (excludes halogenated alkanes) is 1. The summed E-state index contributed by atoms with van der Waals surface area (Å²) in [7, 11) is -4.17. The SMILES string of the molecule is CCCCNC(=O)[C@@H](Cc1ccccc1)N(Cc1ccc(Cl)cc1)C(=O)CN(c1cc(C)cc(C)c1)S(=O)(=O)c1ccc(C)cc1. The van der Waals surface area contributed by atoms with Gasteiger partial charge < -0.3 is 10.2 Å². The zero-order valence-corrected chi connectivity index (χ0v) is 28.4. The molecule has 4 rings (SSSR count). The highest BCUT2D eigenvalue weighted by Crippen LogP contribution is 2.27. The first-order valence-corrected chi connectivity index (χ1v) is 17.3. The van der Waals surface area contributed by atoms with E-state index in [4.69, 9.17) is 11.6 Å². The first-order valence-electron chi connectivity index (χ1n) is 15.5. The van der Waals surface area contributed by atoms with Crippen molar-refractivity contribution in [1.29, 1.82) is 0 Å². The van der Waals surface area contributed by atoms with E-state index >= 15 is 0 Å². The van der Waals surface area contributed by atoms with Gasteiger partial charge in [0.1, 0.15) is 12.6 Å². The van der Waals surface area contributed by atoms with Gasteiger partial charge in [-0.25, -0.2) is 8.42 Å². The van der Waals surface area contributed by atoms with E-state index in [1.807, 2.05) is 76.2 Å². The predicted octanol–water partition coefficient (Wildman–Crippen LogP) is 7.02. The molecule has 2 amide bonds. The van der Waals surface area contributed by atoms with Crippen molar-refractivity contribution in [2.75, 3.05) is 17.4 Å². The maximum atomic E-state index is 14.6. The van der Waals surface area contributed by atoms with E-state index in [1.165, 1.54) is 4.90 Å². The van der Waals surface area contributed by atoms with Crippen LogP contribution in [0.1, 0.15) is 47.6 Å². The second-order valence-corrected chi connectivity index (χ2v) is 14.0. The van der Waals surface area contributed by atoms with Crippen LogP contribution in [-0.4, -0.2) is 44.3 Å². The van der Waals surface area contributed by atoms with E-state index in [0.717, 1.165) is 45.0 Å². The molecule has 0 saturated heterocycles. The Morgan fingerprint density at radius 1 is 0.804 bits per heavy atom. The van der Waals surface area contributed by atoms with Gasteiger partial charge in [-0.2, -0.15) is 0 Å². The van der Waals surface area contributed by atoms with Crippen LogP contribution in [0.2, 0.25) is 5.02 Å². The summed E-state index contributed by atoms with van der Waals surface area (Å²) < 4.78 is 29.7. The fourth-order valence-corrected chi connectivity index (χ4v) is 6.83. The van der Waals surface area contributed by atoms with Gasteiger partial charge in [0.25, 0.3) is 10.0 Å². The van der Waals surface area contributed by atoms with E-state index < -0.39 is 28.5 Å². The predicted molar refractivity (Wildman–Crippen MR) is 185 cm³/mol. The largest absolute Gasteiger partial charge is 0.354 e. The van der Waals surface area contributed by atoms with Crippen LogP contribution < -0.4 is 9.62 Å². The van der Waals surface area contributed by atoms with Gasteiger partial charge >= 0.3 is 0 Å². The van der Waals surface area contributed by atoms with Gasteiger partial charge in [0, 0.05) is 24.5 Å². The third-order valence-corrected chi connectivity index (χ3v) is 9.79. The average molecular weight is 660 g/mol. The number of aryl methyl sites for hydroxylation is 3. The Labute approximate surface area is 278 Å². The summed E-state index contributed by atoms with van der Waals surface area (Å²) in [6, 6.07) is 27.7. The molecule has 242 valence electrons. The van der Waals surface area contributed by atoms with Crippen LogP contribution in [0.5, 0.6) is 0 Å². The van der Waals surface area contributed by atoms with Crippen molar-refractivity contribution in [3.63, 3.8) is 0 Å². The van der Waals surface area contributed by atoms with Crippen LogP contribution in [0.4, 0.5) is 5.69 Å². The Morgan fingerprint density at radius 3 is 2.04 bits per heavy atom. The zero-order chi connectivity index (χ0) is 33.3. The molecule has 1 N–H and O–H groups in total.